The van der Waals surface area contributed by atoms with E-state index in [4.69, 9.17) is 0 Å². The molecule has 2 heteroatoms. The van der Waals surface area contributed by atoms with E-state index in [2.05, 4.69) is 38.0 Å². The van der Waals surface area contributed by atoms with Gasteiger partial charge in [-0.15, -0.1) is 0 Å². The van der Waals surface area contributed by atoms with Crippen LogP contribution in [0.1, 0.15) is 34.1 Å². The first-order chi connectivity index (χ1) is 5.07. The van der Waals surface area contributed by atoms with Gasteiger partial charge in [-0.05, 0) is 13.3 Å². The summed E-state index contributed by atoms with van der Waals surface area (Å²) in [5.74, 6) is 1.72. The minimum absolute atomic E-state index is 0.166. The molecule has 0 bridgehead atoms. The molecule has 1 atom stereocenters. The van der Waals surface area contributed by atoms with Crippen molar-refractivity contribution in [1.29, 1.82) is 0 Å². The molecule has 0 aromatic carbocycles. The average Bonchev–Trinajstić information content (AvgIpc) is 2.33. The fraction of sp³-hybridized carbons (Fsp3) is 0.889. The fourth-order valence-corrected chi connectivity index (χ4v) is 1.19. The Hall–Kier alpha value is -0.530. The molecular formula is C9H18N2. The third-order valence-electron chi connectivity index (χ3n) is 2.35. The first kappa shape index (κ1) is 8.57. The van der Waals surface area contributed by atoms with E-state index in [-0.39, 0.29) is 5.54 Å². The molecule has 11 heavy (non-hydrogen) atoms. The summed E-state index contributed by atoms with van der Waals surface area (Å²) in [7, 11) is 0. The summed E-state index contributed by atoms with van der Waals surface area (Å²) in [5, 5.41) is 3.35. The molecule has 0 amide bonds. The fourth-order valence-electron chi connectivity index (χ4n) is 1.19. The normalized spacial score (nSPS) is 30.5. The SMILES string of the molecule is CCC1(C)CNC(C(C)C)=N1. The summed E-state index contributed by atoms with van der Waals surface area (Å²) < 4.78 is 0. The highest BCUT2D eigenvalue weighted by atomic mass is 15.1. The minimum atomic E-state index is 0.166. The van der Waals surface area contributed by atoms with Crippen molar-refractivity contribution in [3.05, 3.63) is 0 Å². The summed E-state index contributed by atoms with van der Waals surface area (Å²) >= 11 is 0. The maximum Gasteiger partial charge on any atom is 0.0997 e. The van der Waals surface area contributed by atoms with Crippen molar-refractivity contribution in [3.8, 4) is 0 Å². The van der Waals surface area contributed by atoms with Crippen LogP contribution in [0.5, 0.6) is 0 Å². The molecule has 1 N–H and O–H groups in total. The van der Waals surface area contributed by atoms with Crippen molar-refractivity contribution < 1.29 is 0 Å². The molecule has 0 saturated carbocycles. The van der Waals surface area contributed by atoms with Gasteiger partial charge in [0.15, 0.2) is 0 Å². The molecule has 0 aromatic rings. The zero-order chi connectivity index (χ0) is 8.48. The van der Waals surface area contributed by atoms with Crippen molar-refractivity contribution in [2.24, 2.45) is 10.9 Å². The van der Waals surface area contributed by atoms with E-state index in [0.29, 0.717) is 5.92 Å². The summed E-state index contributed by atoms with van der Waals surface area (Å²) in [6, 6.07) is 0. The van der Waals surface area contributed by atoms with Crippen LogP contribution in [0.2, 0.25) is 0 Å². The van der Waals surface area contributed by atoms with Gasteiger partial charge in [0.25, 0.3) is 0 Å². The third kappa shape index (κ3) is 1.73. The Bertz CT molecular complexity index is 172. The zero-order valence-electron chi connectivity index (χ0n) is 7.94. The maximum atomic E-state index is 4.64. The number of nitrogens with one attached hydrogen (secondary N) is 1. The minimum Gasteiger partial charge on any atom is -0.371 e. The second-order valence-electron chi connectivity index (χ2n) is 3.86. The summed E-state index contributed by atoms with van der Waals surface area (Å²) in [6.45, 7) is 9.75. The molecule has 0 aromatic heterocycles. The van der Waals surface area contributed by atoms with Crippen LogP contribution in [0.4, 0.5) is 0 Å². The van der Waals surface area contributed by atoms with Crippen LogP contribution in [-0.2, 0) is 0 Å². The molecule has 0 spiro atoms. The van der Waals surface area contributed by atoms with Crippen molar-refractivity contribution in [1.82, 2.24) is 5.32 Å². The molecule has 2 nitrogen and oxygen atoms in total. The predicted molar refractivity (Wildman–Crippen MR) is 49.0 cm³/mol. The number of nitrogens with zero attached hydrogens (tertiary/aromatic N) is 1. The van der Waals surface area contributed by atoms with Crippen molar-refractivity contribution in [3.63, 3.8) is 0 Å². The smallest absolute Gasteiger partial charge is 0.0997 e. The van der Waals surface area contributed by atoms with E-state index in [1.54, 1.807) is 0 Å². The Morgan fingerprint density at radius 2 is 2.27 bits per heavy atom. The number of aliphatic imine (C=N–C) groups is 1. The molecule has 64 valence electrons. The summed E-state index contributed by atoms with van der Waals surface area (Å²) in [4.78, 5) is 4.64. The van der Waals surface area contributed by atoms with E-state index in [1.807, 2.05) is 0 Å². The standard InChI is InChI=1S/C9H18N2/c1-5-9(4)6-10-8(11-9)7(2)3/h7H,5-6H2,1-4H3,(H,10,11). The lowest BCUT2D eigenvalue weighted by molar-refractivity contribution is 0.479. The highest BCUT2D eigenvalue weighted by Gasteiger charge is 2.28. The monoisotopic (exact) mass is 154 g/mol. The van der Waals surface area contributed by atoms with Gasteiger partial charge < -0.3 is 5.32 Å². The lowest BCUT2D eigenvalue weighted by Gasteiger charge is -2.15. The molecule has 1 rings (SSSR count). The molecule has 1 aliphatic rings. The van der Waals surface area contributed by atoms with E-state index < -0.39 is 0 Å². The van der Waals surface area contributed by atoms with E-state index in [1.165, 1.54) is 5.84 Å². The lowest BCUT2D eigenvalue weighted by atomic mass is 10.0. The Kier molecular flexibility index (Phi) is 2.21. The highest BCUT2D eigenvalue weighted by molar-refractivity contribution is 5.86. The number of hydrogen-bond acceptors (Lipinski definition) is 2. The number of rotatable bonds is 2. The van der Waals surface area contributed by atoms with Gasteiger partial charge in [-0.25, -0.2) is 0 Å². The second-order valence-corrected chi connectivity index (χ2v) is 3.86. The quantitative estimate of drug-likeness (QED) is 0.644. The topological polar surface area (TPSA) is 24.4 Å². The molecule has 1 heterocycles. The first-order valence-electron chi connectivity index (χ1n) is 4.41. The predicted octanol–water partition coefficient (Wildman–Crippen LogP) is 1.81. The maximum absolute atomic E-state index is 4.64. The Balaban J connectivity index is 2.67. The zero-order valence-corrected chi connectivity index (χ0v) is 7.94. The average molecular weight is 154 g/mol. The van der Waals surface area contributed by atoms with E-state index >= 15 is 0 Å². The van der Waals surface area contributed by atoms with Crippen LogP contribution in [0.25, 0.3) is 0 Å². The van der Waals surface area contributed by atoms with Gasteiger partial charge in [-0.1, -0.05) is 20.8 Å². The molecule has 0 aliphatic carbocycles. The van der Waals surface area contributed by atoms with Crippen molar-refractivity contribution in [2.75, 3.05) is 6.54 Å². The largest absolute Gasteiger partial charge is 0.371 e. The summed E-state index contributed by atoms with van der Waals surface area (Å²) in [5.41, 5.74) is 0.166. The van der Waals surface area contributed by atoms with Crippen molar-refractivity contribution >= 4 is 5.84 Å². The van der Waals surface area contributed by atoms with Crippen LogP contribution in [0.15, 0.2) is 4.99 Å². The van der Waals surface area contributed by atoms with Gasteiger partial charge >= 0.3 is 0 Å². The Morgan fingerprint density at radius 3 is 2.55 bits per heavy atom. The first-order valence-corrected chi connectivity index (χ1v) is 4.41. The van der Waals surface area contributed by atoms with Crippen LogP contribution in [0, 0.1) is 5.92 Å². The van der Waals surface area contributed by atoms with Crippen LogP contribution < -0.4 is 5.32 Å². The molecule has 1 aliphatic heterocycles. The van der Waals surface area contributed by atoms with E-state index in [0.717, 1.165) is 13.0 Å². The molecule has 0 saturated heterocycles. The number of hydrogen-bond donors (Lipinski definition) is 1. The van der Waals surface area contributed by atoms with Gasteiger partial charge in [-0.2, -0.15) is 0 Å². The second kappa shape index (κ2) is 2.84. The van der Waals surface area contributed by atoms with Gasteiger partial charge in [-0.3, -0.25) is 4.99 Å². The Labute approximate surface area is 69.1 Å². The number of amidine groups is 1. The van der Waals surface area contributed by atoms with Gasteiger partial charge in [0.1, 0.15) is 0 Å². The van der Waals surface area contributed by atoms with Gasteiger partial charge in [0.2, 0.25) is 0 Å². The third-order valence-corrected chi connectivity index (χ3v) is 2.35. The molecule has 1 unspecified atom stereocenters. The van der Waals surface area contributed by atoms with Crippen LogP contribution in [0.3, 0.4) is 0 Å². The van der Waals surface area contributed by atoms with Gasteiger partial charge in [0.05, 0.1) is 11.4 Å². The van der Waals surface area contributed by atoms with Gasteiger partial charge in [0, 0.05) is 12.5 Å². The highest BCUT2D eigenvalue weighted by Crippen LogP contribution is 2.19. The van der Waals surface area contributed by atoms with Crippen LogP contribution >= 0.6 is 0 Å². The van der Waals surface area contributed by atoms with E-state index in [9.17, 15) is 0 Å². The molecule has 0 fully saturated rings. The molecular weight excluding hydrogens is 136 g/mol. The molecule has 0 radical (unpaired) electrons. The van der Waals surface area contributed by atoms with Crippen LogP contribution in [-0.4, -0.2) is 17.9 Å². The summed E-state index contributed by atoms with van der Waals surface area (Å²) in [6.07, 6.45) is 1.12. The Morgan fingerprint density at radius 1 is 1.64 bits per heavy atom. The lowest BCUT2D eigenvalue weighted by Crippen LogP contribution is -2.29. The van der Waals surface area contributed by atoms with Crippen molar-refractivity contribution in [2.45, 2.75) is 39.7 Å².